The summed E-state index contributed by atoms with van der Waals surface area (Å²) in [5, 5.41) is 10.2. The summed E-state index contributed by atoms with van der Waals surface area (Å²) in [4.78, 5) is 11.8. The van der Waals surface area contributed by atoms with Gasteiger partial charge in [0.1, 0.15) is 0 Å². The van der Waals surface area contributed by atoms with Gasteiger partial charge < -0.3 is 5.11 Å². The molecule has 3 unspecified atom stereocenters. The fourth-order valence-electron chi connectivity index (χ4n) is 4.58. The van der Waals surface area contributed by atoms with Crippen molar-refractivity contribution < 1.29 is 9.90 Å². The molecule has 0 aromatic rings. The quantitative estimate of drug-likeness (QED) is 0.699. The number of rotatable bonds is 0. The standard InChI is InChI=1S/C15H22O2/c1-9-10-7-8-15(2)12(4-6-14(15)17)11(10)3-5-13(9)16/h11-12,14,17H,3-8H2,1-2H3/t11?,12?,14-,15?/m0/s1. The zero-order valence-corrected chi connectivity index (χ0v) is 10.8. The van der Waals surface area contributed by atoms with Gasteiger partial charge in [-0.05, 0) is 61.9 Å². The van der Waals surface area contributed by atoms with E-state index in [1.165, 1.54) is 5.57 Å². The van der Waals surface area contributed by atoms with Crippen molar-refractivity contribution in [3.63, 3.8) is 0 Å². The number of ketones is 1. The molecule has 0 aromatic carbocycles. The van der Waals surface area contributed by atoms with E-state index in [0.717, 1.165) is 44.1 Å². The van der Waals surface area contributed by atoms with E-state index >= 15 is 0 Å². The summed E-state index contributed by atoms with van der Waals surface area (Å²) >= 11 is 0. The van der Waals surface area contributed by atoms with Crippen LogP contribution in [-0.4, -0.2) is 17.0 Å². The lowest BCUT2D eigenvalue weighted by Gasteiger charge is -2.46. The molecule has 2 nitrogen and oxygen atoms in total. The van der Waals surface area contributed by atoms with E-state index in [9.17, 15) is 9.90 Å². The Balaban J connectivity index is 1.99. The van der Waals surface area contributed by atoms with Crippen LogP contribution in [0.2, 0.25) is 0 Å². The van der Waals surface area contributed by atoms with Crippen molar-refractivity contribution in [3.05, 3.63) is 11.1 Å². The third-order valence-corrected chi connectivity index (χ3v) is 5.81. The predicted octanol–water partition coefficient (Wildman–Crippen LogP) is 2.85. The summed E-state index contributed by atoms with van der Waals surface area (Å²) < 4.78 is 0. The average Bonchev–Trinajstić information content (AvgIpc) is 2.61. The molecule has 3 aliphatic rings. The number of hydrogen-bond acceptors (Lipinski definition) is 2. The van der Waals surface area contributed by atoms with Crippen LogP contribution in [0.5, 0.6) is 0 Å². The van der Waals surface area contributed by atoms with E-state index in [2.05, 4.69) is 6.92 Å². The van der Waals surface area contributed by atoms with Crippen LogP contribution >= 0.6 is 0 Å². The first-order valence-corrected chi connectivity index (χ1v) is 6.95. The van der Waals surface area contributed by atoms with E-state index in [1.807, 2.05) is 6.92 Å². The molecule has 17 heavy (non-hydrogen) atoms. The summed E-state index contributed by atoms with van der Waals surface area (Å²) in [5.41, 5.74) is 2.59. The van der Waals surface area contributed by atoms with Crippen LogP contribution in [0.25, 0.3) is 0 Å². The summed E-state index contributed by atoms with van der Waals surface area (Å²) in [7, 11) is 0. The van der Waals surface area contributed by atoms with Gasteiger partial charge in [-0.3, -0.25) is 4.79 Å². The van der Waals surface area contributed by atoms with Crippen molar-refractivity contribution in [2.24, 2.45) is 17.3 Å². The molecule has 94 valence electrons. The fraction of sp³-hybridized carbons (Fsp3) is 0.800. The molecule has 0 amide bonds. The second-order valence-corrected chi connectivity index (χ2v) is 6.42. The Hall–Kier alpha value is -0.630. The minimum atomic E-state index is -0.119. The van der Waals surface area contributed by atoms with Crippen LogP contribution in [-0.2, 0) is 4.79 Å². The summed E-state index contributed by atoms with van der Waals surface area (Å²) in [6.45, 7) is 4.27. The molecule has 0 spiro atoms. The van der Waals surface area contributed by atoms with Gasteiger partial charge in [-0.25, -0.2) is 0 Å². The van der Waals surface area contributed by atoms with Crippen LogP contribution in [0, 0.1) is 17.3 Å². The first kappa shape index (κ1) is 11.5. The van der Waals surface area contributed by atoms with Crippen molar-refractivity contribution in [2.45, 2.75) is 58.5 Å². The molecule has 0 saturated heterocycles. The van der Waals surface area contributed by atoms with Crippen LogP contribution in [0.4, 0.5) is 0 Å². The van der Waals surface area contributed by atoms with E-state index in [1.54, 1.807) is 0 Å². The van der Waals surface area contributed by atoms with E-state index in [4.69, 9.17) is 0 Å². The van der Waals surface area contributed by atoms with Crippen LogP contribution in [0.15, 0.2) is 11.1 Å². The number of aliphatic hydroxyl groups is 1. The van der Waals surface area contributed by atoms with Gasteiger partial charge >= 0.3 is 0 Å². The SMILES string of the molecule is CC1=C2CCC3(C)C(CC[C@@H]3O)C2CCC1=O. The molecule has 2 heteroatoms. The molecular weight excluding hydrogens is 212 g/mol. The topological polar surface area (TPSA) is 37.3 Å². The zero-order chi connectivity index (χ0) is 12.2. The molecule has 0 aromatic heterocycles. The Morgan fingerprint density at radius 1 is 1.24 bits per heavy atom. The smallest absolute Gasteiger partial charge is 0.158 e. The number of carbonyl (C=O) groups is 1. The Kier molecular flexibility index (Phi) is 2.48. The van der Waals surface area contributed by atoms with Gasteiger partial charge in [-0.2, -0.15) is 0 Å². The van der Waals surface area contributed by atoms with Crippen LogP contribution < -0.4 is 0 Å². The molecule has 1 N–H and O–H groups in total. The van der Waals surface area contributed by atoms with Gasteiger partial charge in [-0.1, -0.05) is 12.5 Å². The average molecular weight is 234 g/mol. The lowest BCUT2D eigenvalue weighted by Crippen LogP contribution is -2.42. The first-order chi connectivity index (χ1) is 8.04. The van der Waals surface area contributed by atoms with Gasteiger partial charge in [0, 0.05) is 6.42 Å². The molecule has 3 aliphatic carbocycles. The largest absolute Gasteiger partial charge is 0.393 e. The third-order valence-electron chi connectivity index (χ3n) is 5.81. The summed E-state index contributed by atoms with van der Waals surface area (Å²) in [5.74, 6) is 1.56. The maximum Gasteiger partial charge on any atom is 0.158 e. The highest BCUT2D eigenvalue weighted by Crippen LogP contribution is 2.58. The normalized spacial score (nSPS) is 45.8. The molecule has 0 bridgehead atoms. The molecule has 2 saturated carbocycles. The van der Waals surface area contributed by atoms with Gasteiger partial charge in [0.05, 0.1) is 6.10 Å². The van der Waals surface area contributed by atoms with Crippen molar-refractivity contribution in [2.75, 3.05) is 0 Å². The maximum atomic E-state index is 11.8. The van der Waals surface area contributed by atoms with Crippen molar-refractivity contribution in [1.29, 1.82) is 0 Å². The number of fused-ring (bicyclic) bond motifs is 3. The molecule has 2 fully saturated rings. The maximum absolute atomic E-state index is 11.8. The number of allylic oxidation sites excluding steroid dienone is 2. The Labute approximate surface area is 103 Å². The molecule has 0 radical (unpaired) electrons. The lowest BCUT2D eigenvalue weighted by molar-refractivity contribution is -0.117. The second-order valence-electron chi connectivity index (χ2n) is 6.42. The van der Waals surface area contributed by atoms with Gasteiger partial charge in [-0.15, -0.1) is 0 Å². The predicted molar refractivity (Wildman–Crippen MR) is 66.5 cm³/mol. The highest BCUT2D eigenvalue weighted by molar-refractivity contribution is 5.96. The van der Waals surface area contributed by atoms with Crippen molar-refractivity contribution in [1.82, 2.24) is 0 Å². The molecule has 4 atom stereocenters. The van der Waals surface area contributed by atoms with Crippen LogP contribution in [0.1, 0.15) is 52.4 Å². The Bertz CT molecular complexity index is 396. The molecule has 0 heterocycles. The second kappa shape index (κ2) is 3.68. The van der Waals surface area contributed by atoms with Crippen molar-refractivity contribution >= 4 is 5.78 Å². The minimum Gasteiger partial charge on any atom is -0.393 e. The third kappa shape index (κ3) is 1.46. The lowest BCUT2D eigenvalue weighted by atomic mass is 9.58. The van der Waals surface area contributed by atoms with Gasteiger partial charge in [0.15, 0.2) is 5.78 Å². The monoisotopic (exact) mass is 234 g/mol. The number of Topliss-reactive ketones (excluding diaryl/α,β-unsaturated/α-hetero) is 1. The fourth-order valence-corrected chi connectivity index (χ4v) is 4.58. The molecule has 3 rings (SSSR count). The van der Waals surface area contributed by atoms with Gasteiger partial charge in [0.2, 0.25) is 0 Å². The number of aliphatic hydroxyl groups excluding tert-OH is 1. The molecule has 0 aliphatic heterocycles. The Morgan fingerprint density at radius 3 is 2.76 bits per heavy atom. The Morgan fingerprint density at radius 2 is 2.00 bits per heavy atom. The van der Waals surface area contributed by atoms with E-state index in [-0.39, 0.29) is 11.5 Å². The zero-order valence-electron chi connectivity index (χ0n) is 10.8. The first-order valence-electron chi connectivity index (χ1n) is 6.95. The van der Waals surface area contributed by atoms with E-state index in [0.29, 0.717) is 17.6 Å². The van der Waals surface area contributed by atoms with Crippen molar-refractivity contribution in [3.8, 4) is 0 Å². The number of carbonyl (C=O) groups excluding carboxylic acids is 1. The summed E-state index contributed by atoms with van der Waals surface area (Å²) in [6, 6.07) is 0. The van der Waals surface area contributed by atoms with Crippen LogP contribution in [0.3, 0.4) is 0 Å². The molecular formula is C15H22O2. The highest BCUT2D eigenvalue weighted by atomic mass is 16.3. The highest BCUT2D eigenvalue weighted by Gasteiger charge is 2.52. The van der Waals surface area contributed by atoms with E-state index < -0.39 is 0 Å². The number of hydrogen-bond donors (Lipinski definition) is 1. The minimum absolute atomic E-state index is 0.119. The van der Waals surface area contributed by atoms with Gasteiger partial charge in [0.25, 0.3) is 0 Å². The summed E-state index contributed by atoms with van der Waals surface area (Å²) in [6.07, 6.45) is 5.83.